The fourth-order valence-corrected chi connectivity index (χ4v) is 4.23. The summed E-state index contributed by atoms with van der Waals surface area (Å²) in [6, 6.07) is 19.7. The predicted molar refractivity (Wildman–Crippen MR) is 160 cm³/mol. The number of nitrogens with zero attached hydrogens (tertiary/aromatic N) is 1. The normalized spacial score (nSPS) is 10.3. The Morgan fingerprint density at radius 3 is 1.59 bits per heavy atom. The highest BCUT2D eigenvalue weighted by Crippen LogP contribution is 2.28. The molecule has 0 aliphatic heterocycles. The first-order chi connectivity index (χ1) is 14.8. The smallest absolute Gasteiger partial charge is 0.0217 e. The highest BCUT2D eigenvalue weighted by Gasteiger charge is 2.08. The van der Waals surface area contributed by atoms with Crippen LogP contribution in [0.25, 0.3) is 21.5 Å². The molecule has 0 heterocycles. The summed E-state index contributed by atoms with van der Waals surface area (Å²) in [7, 11) is 0. The number of benzene rings is 3. The van der Waals surface area contributed by atoms with E-state index in [-0.39, 0.29) is 49.6 Å². The maximum absolute atomic E-state index is 5.67. The summed E-state index contributed by atoms with van der Waals surface area (Å²) in [6.45, 7) is 6.95. The summed E-state index contributed by atoms with van der Waals surface area (Å²) in [5.74, 6) is 0. The lowest BCUT2D eigenvalue weighted by molar-refractivity contribution is 0.259. The number of rotatable bonds is 14. The second kappa shape index (κ2) is 20.4. The van der Waals surface area contributed by atoms with Gasteiger partial charge in [-0.15, -0.1) is 49.6 Å². The quantitative estimate of drug-likeness (QED) is 0.171. The first kappa shape index (κ1) is 35.3. The van der Waals surface area contributed by atoms with E-state index in [1.165, 1.54) is 39.9 Å². The van der Waals surface area contributed by atoms with E-state index in [9.17, 15) is 0 Å². The molecule has 0 amide bonds. The van der Waals surface area contributed by atoms with Gasteiger partial charge in [0.05, 0.1) is 0 Å². The highest BCUT2D eigenvalue weighted by molar-refractivity contribution is 6.02. The Balaban J connectivity index is 0. The molecule has 0 atom stereocenters. The highest BCUT2D eigenvalue weighted by atomic mass is 35.5. The Hall–Kier alpha value is -0.820. The van der Waals surface area contributed by atoms with Gasteiger partial charge in [-0.2, -0.15) is 0 Å². The second-order valence-corrected chi connectivity index (χ2v) is 8.16. The van der Waals surface area contributed by atoms with Gasteiger partial charge in [0.1, 0.15) is 0 Å². The number of nitrogens with two attached hydrogens (primary N) is 2. The van der Waals surface area contributed by atoms with Gasteiger partial charge in [0, 0.05) is 6.54 Å². The summed E-state index contributed by atoms with van der Waals surface area (Å²) in [5, 5.41) is 9.06. The third kappa shape index (κ3) is 10.8. The van der Waals surface area contributed by atoms with Gasteiger partial charge in [-0.1, -0.05) is 48.5 Å². The molecule has 0 unspecified atom stereocenters. The van der Waals surface area contributed by atoms with Gasteiger partial charge in [-0.05, 0) is 105 Å². The molecule has 3 aromatic carbocycles. The van der Waals surface area contributed by atoms with Gasteiger partial charge >= 0.3 is 0 Å². The van der Waals surface area contributed by atoms with E-state index in [4.69, 9.17) is 11.5 Å². The minimum absolute atomic E-state index is 0. The van der Waals surface area contributed by atoms with E-state index in [0.717, 1.165) is 65.1 Å². The largest absolute Gasteiger partial charge is 0.330 e. The van der Waals surface area contributed by atoms with Gasteiger partial charge in [0.25, 0.3) is 0 Å². The molecule has 0 fully saturated rings. The molecule has 0 aliphatic carbocycles. The first-order valence-corrected chi connectivity index (χ1v) is 11.6. The van der Waals surface area contributed by atoms with E-state index >= 15 is 0 Å². The molecule has 4 nitrogen and oxygen atoms in total. The van der Waals surface area contributed by atoms with Crippen molar-refractivity contribution in [3.05, 3.63) is 60.2 Å². The van der Waals surface area contributed by atoms with Crippen molar-refractivity contribution in [2.24, 2.45) is 11.5 Å². The zero-order valence-electron chi connectivity index (χ0n) is 19.9. The number of halogens is 4. The van der Waals surface area contributed by atoms with Crippen LogP contribution in [0.4, 0.5) is 0 Å². The van der Waals surface area contributed by atoms with E-state index in [1.807, 2.05) is 0 Å². The molecule has 34 heavy (non-hydrogen) atoms. The number of hydrogen-bond acceptors (Lipinski definition) is 4. The molecule has 5 N–H and O–H groups in total. The average Bonchev–Trinajstić information content (AvgIpc) is 2.78. The lowest BCUT2D eigenvalue weighted by Gasteiger charge is -2.22. The maximum atomic E-state index is 5.67. The summed E-state index contributed by atoms with van der Waals surface area (Å²) in [6.07, 6.45) is 5.76. The van der Waals surface area contributed by atoms with Crippen LogP contribution in [0.3, 0.4) is 0 Å². The standard InChI is InChI=1S/C26H38N4.4ClH/c27-14-5-7-17-30(18-8-6-15-28)19-9-16-29-21-26-24-12-3-1-10-22(24)20-23-11-2-4-13-25(23)26;;;;/h1-4,10-13,20,29H,5-9,14-19,21,27-28H2;4*1H. The van der Waals surface area contributed by atoms with Crippen molar-refractivity contribution in [3.8, 4) is 0 Å². The van der Waals surface area contributed by atoms with Gasteiger partial charge < -0.3 is 21.7 Å². The number of nitrogens with one attached hydrogen (secondary N) is 1. The molecule has 8 heteroatoms. The Morgan fingerprint density at radius 1 is 0.618 bits per heavy atom. The van der Waals surface area contributed by atoms with E-state index < -0.39 is 0 Å². The number of fused-ring (bicyclic) bond motifs is 2. The van der Waals surface area contributed by atoms with Crippen LogP contribution in [0.1, 0.15) is 37.7 Å². The Bertz CT molecular complexity index is 846. The fraction of sp³-hybridized carbons (Fsp3) is 0.462. The summed E-state index contributed by atoms with van der Waals surface area (Å²) in [5.41, 5.74) is 12.7. The molecule has 0 saturated carbocycles. The lowest BCUT2D eigenvalue weighted by Crippen LogP contribution is -2.30. The minimum Gasteiger partial charge on any atom is -0.330 e. The first-order valence-electron chi connectivity index (χ1n) is 11.6. The molecule has 0 radical (unpaired) electrons. The molecular weight excluding hydrogens is 510 g/mol. The molecule has 3 rings (SSSR count). The summed E-state index contributed by atoms with van der Waals surface area (Å²) < 4.78 is 0. The van der Waals surface area contributed by atoms with Crippen molar-refractivity contribution in [2.75, 3.05) is 39.3 Å². The second-order valence-electron chi connectivity index (χ2n) is 8.16. The summed E-state index contributed by atoms with van der Waals surface area (Å²) >= 11 is 0. The fourth-order valence-electron chi connectivity index (χ4n) is 4.23. The van der Waals surface area contributed by atoms with Crippen LogP contribution in [0, 0.1) is 0 Å². The van der Waals surface area contributed by atoms with Gasteiger partial charge in [0.15, 0.2) is 0 Å². The van der Waals surface area contributed by atoms with Crippen LogP contribution >= 0.6 is 49.6 Å². The van der Waals surface area contributed by atoms with Crippen LogP contribution in [0.2, 0.25) is 0 Å². The van der Waals surface area contributed by atoms with Crippen molar-refractivity contribution >= 4 is 71.2 Å². The van der Waals surface area contributed by atoms with E-state index in [1.54, 1.807) is 0 Å². The number of unbranched alkanes of at least 4 members (excludes halogenated alkanes) is 2. The topological polar surface area (TPSA) is 67.3 Å². The molecule has 0 aliphatic rings. The third-order valence-corrected chi connectivity index (χ3v) is 5.87. The van der Waals surface area contributed by atoms with Crippen molar-refractivity contribution in [1.29, 1.82) is 0 Å². The number of hydrogen-bond donors (Lipinski definition) is 3. The van der Waals surface area contributed by atoms with Crippen LogP contribution in [-0.2, 0) is 6.54 Å². The van der Waals surface area contributed by atoms with Gasteiger partial charge in [-0.25, -0.2) is 0 Å². The van der Waals surface area contributed by atoms with Crippen LogP contribution < -0.4 is 16.8 Å². The SMILES string of the molecule is Cl.Cl.Cl.Cl.NCCCCN(CCCCN)CCCNCc1c2ccccc2cc2ccccc12. The molecule has 3 aromatic rings. The van der Waals surface area contributed by atoms with Gasteiger partial charge in [-0.3, -0.25) is 0 Å². The zero-order valence-corrected chi connectivity index (χ0v) is 23.2. The predicted octanol–water partition coefficient (Wildman–Crippen LogP) is 5.94. The summed E-state index contributed by atoms with van der Waals surface area (Å²) in [4.78, 5) is 2.58. The molecular formula is C26H42Cl4N4. The molecule has 0 aromatic heterocycles. The van der Waals surface area contributed by atoms with Crippen LogP contribution in [0.5, 0.6) is 0 Å². The Labute approximate surface area is 230 Å². The lowest BCUT2D eigenvalue weighted by atomic mass is 9.97. The van der Waals surface area contributed by atoms with Crippen LogP contribution in [-0.4, -0.2) is 44.2 Å². The van der Waals surface area contributed by atoms with E-state index in [2.05, 4.69) is 64.8 Å². The van der Waals surface area contributed by atoms with Crippen molar-refractivity contribution in [2.45, 2.75) is 38.6 Å². The molecule has 0 spiro atoms. The molecule has 194 valence electrons. The zero-order chi connectivity index (χ0) is 21.0. The maximum Gasteiger partial charge on any atom is 0.0217 e. The Kier molecular flexibility index (Phi) is 21.2. The Morgan fingerprint density at radius 2 is 1.09 bits per heavy atom. The average molecular weight is 552 g/mol. The minimum atomic E-state index is 0. The van der Waals surface area contributed by atoms with E-state index in [0.29, 0.717) is 0 Å². The monoisotopic (exact) mass is 550 g/mol. The van der Waals surface area contributed by atoms with Crippen molar-refractivity contribution < 1.29 is 0 Å². The molecule has 0 bridgehead atoms. The van der Waals surface area contributed by atoms with Gasteiger partial charge in [0.2, 0.25) is 0 Å². The van der Waals surface area contributed by atoms with Crippen molar-refractivity contribution in [3.63, 3.8) is 0 Å². The van der Waals surface area contributed by atoms with Crippen LogP contribution in [0.15, 0.2) is 54.6 Å². The molecule has 0 saturated heterocycles. The van der Waals surface area contributed by atoms with Crippen molar-refractivity contribution in [1.82, 2.24) is 10.2 Å². The third-order valence-electron chi connectivity index (χ3n) is 5.87.